The SMILES string of the molecule is CN(C)C(=O)C[C@@]1(O)CCC[C@H](/C=C/C(O)CCCCc2ccc(N=[N+]=[N-])c(I)c2)C1. The van der Waals surface area contributed by atoms with Gasteiger partial charge in [-0.2, -0.15) is 0 Å². The van der Waals surface area contributed by atoms with Crippen LogP contribution in [0.2, 0.25) is 0 Å². The Morgan fingerprint density at radius 1 is 1.45 bits per heavy atom. The van der Waals surface area contributed by atoms with Crippen molar-refractivity contribution in [2.24, 2.45) is 11.0 Å². The van der Waals surface area contributed by atoms with E-state index in [1.165, 1.54) is 10.5 Å². The largest absolute Gasteiger partial charge is 0.389 e. The number of carbonyl (C=O) groups is 1. The summed E-state index contributed by atoms with van der Waals surface area (Å²) in [5.41, 5.74) is 9.45. The van der Waals surface area contributed by atoms with Crippen molar-refractivity contribution >= 4 is 34.2 Å². The molecule has 0 saturated heterocycles. The van der Waals surface area contributed by atoms with Gasteiger partial charge >= 0.3 is 0 Å². The van der Waals surface area contributed by atoms with Crippen molar-refractivity contribution in [2.45, 2.75) is 69.5 Å². The summed E-state index contributed by atoms with van der Waals surface area (Å²) in [5.74, 6) is 0.148. The minimum atomic E-state index is -0.939. The van der Waals surface area contributed by atoms with E-state index in [2.05, 4.69) is 32.6 Å². The number of allylic oxidation sites excluding steroid dienone is 1. The van der Waals surface area contributed by atoms with E-state index < -0.39 is 11.7 Å². The van der Waals surface area contributed by atoms with Gasteiger partial charge in [0.15, 0.2) is 0 Å². The quantitative estimate of drug-likeness (QED) is 0.105. The molecule has 0 radical (unpaired) electrons. The molecule has 31 heavy (non-hydrogen) atoms. The summed E-state index contributed by atoms with van der Waals surface area (Å²) in [6.45, 7) is 0. The first kappa shape index (κ1) is 25.6. The topological polar surface area (TPSA) is 110 Å². The van der Waals surface area contributed by atoms with Crippen LogP contribution in [-0.2, 0) is 11.2 Å². The maximum atomic E-state index is 12.0. The average molecular weight is 540 g/mol. The van der Waals surface area contributed by atoms with Crippen LogP contribution in [0.15, 0.2) is 35.5 Å². The number of amides is 1. The van der Waals surface area contributed by atoms with Crippen LogP contribution in [0.5, 0.6) is 0 Å². The first-order chi connectivity index (χ1) is 14.7. The van der Waals surface area contributed by atoms with Crippen LogP contribution >= 0.6 is 22.6 Å². The third-order valence-electron chi connectivity index (χ3n) is 5.82. The first-order valence-electron chi connectivity index (χ1n) is 10.8. The van der Waals surface area contributed by atoms with Crippen LogP contribution in [0.4, 0.5) is 5.69 Å². The Bertz CT molecular complexity index is 823. The number of azide groups is 1. The van der Waals surface area contributed by atoms with Gasteiger partial charge in [0.2, 0.25) is 5.91 Å². The third-order valence-corrected chi connectivity index (χ3v) is 6.69. The van der Waals surface area contributed by atoms with E-state index in [9.17, 15) is 15.0 Å². The summed E-state index contributed by atoms with van der Waals surface area (Å²) < 4.78 is 0.940. The number of unbranched alkanes of at least 4 members (excludes halogenated alkanes) is 1. The lowest BCUT2D eigenvalue weighted by molar-refractivity contribution is -0.135. The Morgan fingerprint density at radius 2 is 2.23 bits per heavy atom. The molecule has 2 rings (SSSR count). The average Bonchev–Trinajstić information content (AvgIpc) is 2.71. The summed E-state index contributed by atoms with van der Waals surface area (Å²) in [4.78, 5) is 16.3. The highest BCUT2D eigenvalue weighted by Gasteiger charge is 2.35. The van der Waals surface area contributed by atoms with E-state index >= 15 is 0 Å². The van der Waals surface area contributed by atoms with E-state index in [-0.39, 0.29) is 18.2 Å². The van der Waals surface area contributed by atoms with Gasteiger partial charge < -0.3 is 15.1 Å². The zero-order valence-corrected chi connectivity index (χ0v) is 20.5. The molecular weight excluding hydrogens is 507 g/mol. The van der Waals surface area contributed by atoms with Gasteiger partial charge in [-0.25, -0.2) is 0 Å². The Labute approximate surface area is 198 Å². The number of aliphatic hydroxyl groups is 2. The van der Waals surface area contributed by atoms with Gasteiger partial charge in [0, 0.05) is 22.6 Å². The van der Waals surface area contributed by atoms with Gasteiger partial charge in [-0.15, -0.1) is 0 Å². The number of hydrogen-bond donors (Lipinski definition) is 2. The van der Waals surface area contributed by atoms with Gasteiger partial charge in [0.05, 0.1) is 23.8 Å². The number of halogens is 1. The summed E-state index contributed by atoms with van der Waals surface area (Å²) in [5, 5.41) is 24.8. The van der Waals surface area contributed by atoms with Crippen LogP contribution in [-0.4, -0.2) is 46.8 Å². The molecule has 1 aromatic carbocycles. The fourth-order valence-corrected chi connectivity index (χ4v) is 4.74. The normalized spacial score (nSPS) is 22.2. The molecule has 1 amide bonds. The van der Waals surface area contributed by atoms with Gasteiger partial charge in [0.25, 0.3) is 0 Å². The Kier molecular flexibility index (Phi) is 10.3. The molecule has 1 aliphatic rings. The molecule has 1 aliphatic carbocycles. The van der Waals surface area contributed by atoms with E-state index in [4.69, 9.17) is 5.53 Å². The molecule has 170 valence electrons. The highest BCUT2D eigenvalue weighted by Crippen LogP contribution is 2.36. The second kappa shape index (κ2) is 12.4. The van der Waals surface area contributed by atoms with Gasteiger partial charge in [-0.1, -0.05) is 35.8 Å². The van der Waals surface area contributed by atoms with Crippen LogP contribution in [0.25, 0.3) is 10.4 Å². The van der Waals surface area contributed by atoms with Crippen LogP contribution < -0.4 is 0 Å². The van der Waals surface area contributed by atoms with Crippen LogP contribution in [0.3, 0.4) is 0 Å². The Hall–Kier alpha value is -1.61. The van der Waals surface area contributed by atoms with E-state index in [0.717, 1.165) is 35.7 Å². The van der Waals surface area contributed by atoms with Crippen molar-refractivity contribution in [1.82, 2.24) is 4.90 Å². The Morgan fingerprint density at radius 3 is 2.90 bits per heavy atom. The number of carbonyl (C=O) groups excluding carboxylic acids is 1. The lowest BCUT2D eigenvalue weighted by Crippen LogP contribution is -2.40. The first-order valence-corrected chi connectivity index (χ1v) is 11.9. The van der Waals surface area contributed by atoms with Gasteiger partial charge in [0.1, 0.15) is 0 Å². The number of nitrogens with zero attached hydrogens (tertiary/aromatic N) is 4. The molecule has 0 aromatic heterocycles. The summed E-state index contributed by atoms with van der Waals surface area (Å²) in [7, 11) is 3.42. The number of aliphatic hydroxyl groups excluding tert-OH is 1. The maximum absolute atomic E-state index is 12.0. The predicted octanol–water partition coefficient (Wildman–Crippen LogP) is 5.26. The van der Waals surface area contributed by atoms with E-state index in [1.54, 1.807) is 14.1 Å². The standard InChI is InChI=1S/C23H33IN4O3/c1-28(2)22(30)16-23(31)13-5-7-18(15-23)9-11-19(29)8-4-3-6-17-10-12-21(26-27-25)20(24)14-17/h9-12,14,18-19,29,31H,3-8,13,15-16H2,1-2H3/b11-9+/t18-,19?,23-/m1/s1. The number of aryl methyl sites for hydroxylation is 1. The molecule has 0 bridgehead atoms. The summed E-state index contributed by atoms with van der Waals surface area (Å²) >= 11 is 2.17. The minimum Gasteiger partial charge on any atom is -0.389 e. The van der Waals surface area contributed by atoms with Crippen molar-refractivity contribution < 1.29 is 15.0 Å². The molecule has 1 unspecified atom stereocenters. The molecule has 0 spiro atoms. The van der Waals surface area contributed by atoms with Crippen molar-refractivity contribution in [1.29, 1.82) is 0 Å². The molecule has 1 aromatic rings. The minimum absolute atomic E-state index is 0.0470. The van der Waals surface area contributed by atoms with Crippen molar-refractivity contribution in [2.75, 3.05) is 14.1 Å². The molecular formula is C23H33IN4O3. The second-order valence-electron chi connectivity index (χ2n) is 8.72. The molecule has 0 aliphatic heterocycles. The Balaban J connectivity index is 1.74. The fraction of sp³-hybridized carbons (Fsp3) is 0.609. The molecule has 7 nitrogen and oxygen atoms in total. The van der Waals surface area contributed by atoms with E-state index in [1.807, 2.05) is 30.4 Å². The van der Waals surface area contributed by atoms with Gasteiger partial charge in [-0.3, -0.25) is 4.79 Å². The molecule has 2 N–H and O–H groups in total. The lowest BCUT2D eigenvalue weighted by atomic mass is 9.76. The fourth-order valence-electron chi connectivity index (χ4n) is 4.05. The zero-order valence-electron chi connectivity index (χ0n) is 18.4. The molecule has 0 heterocycles. The summed E-state index contributed by atoms with van der Waals surface area (Å²) in [6.07, 6.45) is 10.1. The summed E-state index contributed by atoms with van der Waals surface area (Å²) in [6, 6.07) is 5.85. The monoisotopic (exact) mass is 540 g/mol. The third kappa shape index (κ3) is 8.80. The predicted molar refractivity (Wildman–Crippen MR) is 131 cm³/mol. The van der Waals surface area contributed by atoms with Crippen LogP contribution in [0.1, 0.15) is 56.9 Å². The number of rotatable bonds is 10. The molecule has 3 atom stereocenters. The lowest BCUT2D eigenvalue weighted by Gasteiger charge is -2.36. The maximum Gasteiger partial charge on any atom is 0.224 e. The highest BCUT2D eigenvalue weighted by molar-refractivity contribution is 14.1. The van der Waals surface area contributed by atoms with Crippen molar-refractivity contribution in [3.05, 3.63) is 49.9 Å². The molecule has 1 fully saturated rings. The highest BCUT2D eigenvalue weighted by atomic mass is 127. The molecule has 1 saturated carbocycles. The zero-order chi connectivity index (χ0) is 22.9. The smallest absolute Gasteiger partial charge is 0.224 e. The van der Waals surface area contributed by atoms with Crippen molar-refractivity contribution in [3.63, 3.8) is 0 Å². The molecule has 8 heteroatoms. The van der Waals surface area contributed by atoms with Crippen molar-refractivity contribution in [3.8, 4) is 0 Å². The number of benzene rings is 1. The van der Waals surface area contributed by atoms with Crippen LogP contribution in [0, 0.1) is 9.49 Å². The second-order valence-corrected chi connectivity index (χ2v) is 9.88. The number of hydrogen-bond acceptors (Lipinski definition) is 4. The van der Waals surface area contributed by atoms with E-state index in [0.29, 0.717) is 24.9 Å². The van der Waals surface area contributed by atoms with Gasteiger partial charge in [-0.05, 0) is 90.6 Å².